The minimum atomic E-state index is -0.513. The van der Waals surface area contributed by atoms with Crippen molar-refractivity contribution < 1.29 is 19.4 Å². The highest BCUT2D eigenvalue weighted by Crippen LogP contribution is 2.28. The highest BCUT2D eigenvalue weighted by molar-refractivity contribution is 6.08. The van der Waals surface area contributed by atoms with Crippen molar-refractivity contribution >= 4 is 34.6 Å². The number of rotatable bonds is 10. The molecular formula is C28H30N4O6. The Hall–Kier alpha value is -4.60. The van der Waals surface area contributed by atoms with E-state index >= 15 is 0 Å². The lowest BCUT2D eigenvalue weighted by Crippen LogP contribution is -2.39. The monoisotopic (exact) mass is 518 g/mol. The Kier molecular flexibility index (Phi) is 8.90. The van der Waals surface area contributed by atoms with Crippen LogP contribution in [0.5, 0.6) is 0 Å². The lowest BCUT2D eigenvalue weighted by Gasteiger charge is -2.31. The van der Waals surface area contributed by atoms with Crippen molar-refractivity contribution in [2.24, 2.45) is 0 Å². The molecule has 0 fully saturated rings. The van der Waals surface area contributed by atoms with Gasteiger partial charge in [0.1, 0.15) is 0 Å². The quantitative estimate of drug-likeness (QED) is 0.226. The number of hydrogen-bond donors (Lipinski definition) is 0. The van der Waals surface area contributed by atoms with Crippen molar-refractivity contribution in [1.29, 1.82) is 0 Å². The molecule has 198 valence electrons. The number of hydrogen-bond acceptors (Lipinski definition) is 6. The molecule has 10 nitrogen and oxygen atoms in total. The second-order valence-electron chi connectivity index (χ2n) is 8.99. The predicted octanol–water partition coefficient (Wildman–Crippen LogP) is 6.39. The van der Waals surface area contributed by atoms with E-state index in [1.165, 1.54) is 48.5 Å². The van der Waals surface area contributed by atoms with Crippen molar-refractivity contribution in [3.63, 3.8) is 0 Å². The molecule has 0 heterocycles. The Morgan fingerprint density at radius 1 is 0.632 bits per heavy atom. The number of carbonyl (C=O) groups excluding carboxylic acids is 2. The Morgan fingerprint density at radius 3 is 1.16 bits per heavy atom. The van der Waals surface area contributed by atoms with E-state index in [9.17, 15) is 29.8 Å². The van der Waals surface area contributed by atoms with Crippen LogP contribution in [0, 0.1) is 20.2 Å². The topological polar surface area (TPSA) is 127 Å². The lowest BCUT2D eigenvalue weighted by atomic mass is 10.1. The zero-order chi connectivity index (χ0) is 28.0. The Bertz CT molecular complexity index is 1200. The number of amides is 2. The molecule has 0 radical (unpaired) electrons. The van der Waals surface area contributed by atoms with E-state index in [-0.39, 0.29) is 35.3 Å². The maximum Gasteiger partial charge on any atom is 0.269 e. The first-order chi connectivity index (χ1) is 18.1. The van der Waals surface area contributed by atoms with E-state index < -0.39 is 9.85 Å². The van der Waals surface area contributed by atoms with Crippen LogP contribution in [0.15, 0.2) is 72.8 Å². The summed E-state index contributed by atoms with van der Waals surface area (Å²) < 4.78 is 0. The number of nitrogens with zero attached hydrogens (tertiary/aromatic N) is 4. The Labute approximate surface area is 220 Å². The van der Waals surface area contributed by atoms with Gasteiger partial charge in [-0.15, -0.1) is 0 Å². The number of non-ortho nitro benzene ring substituents is 2. The van der Waals surface area contributed by atoms with E-state index in [0.717, 1.165) is 0 Å². The fraction of sp³-hybridized carbons (Fsp3) is 0.286. The minimum absolute atomic E-state index is 0.0937. The van der Waals surface area contributed by atoms with Crippen LogP contribution in [-0.2, 0) is 0 Å². The van der Waals surface area contributed by atoms with Crippen LogP contribution in [0.3, 0.4) is 0 Å². The van der Waals surface area contributed by atoms with Gasteiger partial charge in [-0.25, -0.2) is 0 Å². The summed E-state index contributed by atoms with van der Waals surface area (Å²) in [7, 11) is 0. The summed E-state index contributed by atoms with van der Waals surface area (Å²) in [6.07, 6.45) is 1.36. The van der Waals surface area contributed by atoms with Gasteiger partial charge in [0.2, 0.25) is 0 Å². The zero-order valence-electron chi connectivity index (χ0n) is 21.7. The van der Waals surface area contributed by atoms with Crippen LogP contribution in [0.4, 0.5) is 22.7 Å². The van der Waals surface area contributed by atoms with E-state index in [1.807, 2.05) is 27.7 Å². The Morgan fingerprint density at radius 2 is 0.921 bits per heavy atom. The van der Waals surface area contributed by atoms with Gasteiger partial charge >= 0.3 is 0 Å². The molecule has 3 aromatic rings. The van der Waals surface area contributed by atoms with E-state index in [2.05, 4.69) is 0 Å². The maximum absolute atomic E-state index is 13.4. The lowest BCUT2D eigenvalue weighted by molar-refractivity contribution is -0.385. The summed E-state index contributed by atoms with van der Waals surface area (Å²) in [5.74, 6) is -0.578. The third kappa shape index (κ3) is 6.03. The van der Waals surface area contributed by atoms with Gasteiger partial charge in [0.15, 0.2) is 0 Å². The van der Waals surface area contributed by atoms with Crippen molar-refractivity contribution in [1.82, 2.24) is 0 Å². The fourth-order valence-corrected chi connectivity index (χ4v) is 4.01. The SMILES string of the molecule is CC[C@@H](C)N(C(=O)c1ccc([N+](=O)[O-])cc1)c1ccc(N(C(=O)c2ccc([N+](=O)[O-])cc2)[C@H](C)CC)cc1. The smallest absolute Gasteiger partial charge is 0.269 e. The van der Waals surface area contributed by atoms with Gasteiger partial charge in [-0.2, -0.15) is 0 Å². The van der Waals surface area contributed by atoms with E-state index in [0.29, 0.717) is 35.3 Å². The Balaban J connectivity index is 1.94. The molecule has 2 atom stereocenters. The molecule has 3 aromatic carbocycles. The summed E-state index contributed by atoms with van der Waals surface area (Å²) in [6, 6.07) is 17.7. The molecule has 2 amide bonds. The molecule has 10 heteroatoms. The van der Waals surface area contributed by atoms with Crippen molar-refractivity contribution in [3.8, 4) is 0 Å². The third-order valence-corrected chi connectivity index (χ3v) is 6.56. The highest BCUT2D eigenvalue weighted by atomic mass is 16.6. The van der Waals surface area contributed by atoms with Crippen LogP contribution < -0.4 is 9.80 Å². The van der Waals surface area contributed by atoms with Gasteiger partial charge in [-0.3, -0.25) is 29.8 Å². The second-order valence-corrected chi connectivity index (χ2v) is 8.99. The standard InChI is InChI=1S/C28H30N4O6/c1-5-19(3)29(27(33)21-7-11-25(12-8-21)31(35)36)23-15-17-24(18-16-23)30(20(4)6-2)28(34)22-9-13-26(14-10-22)32(37)38/h7-20H,5-6H2,1-4H3/t19-,20-/m1/s1. The first-order valence-corrected chi connectivity index (χ1v) is 12.3. The maximum atomic E-state index is 13.4. The van der Waals surface area contributed by atoms with Gasteiger partial charge in [0.25, 0.3) is 23.2 Å². The molecule has 0 aromatic heterocycles. The van der Waals surface area contributed by atoms with Crippen LogP contribution in [0.25, 0.3) is 0 Å². The van der Waals surface area contributed by atoms with Gasteiger partial charge in [-0.05, 0) is 75.2 Å². The summed E-state index contributed by atoms with van der Waals surface area (Å²) in [6.45, 7) is 7.76. The van der Waals surface area contributed by atoms with E-state index in [1.54, 1.807) is 34.1 Å². The molecule has 0 saturated heterocycles. The first-order valence-electron chi connectivity index (χ1n) is 12.3. The molecule has 38 heavy (non-hydrogen) atoms. The molecule has 0 aliphatic carbocycles. The number of anilines is 2. The van der Waals surface area contributed by atoms with Gasteiger partial charge in [0.05, 0.1) is 9.85 Å². The number of benzene rings is 3. The summed E-state index contributed by atoms with van der Waals surface area (Å²) >= 11 is 0. The molecule has 0 N–H and O–H groups in total. The van der Waals surface area contributed by atoms with Crippen LogP contribution in [0.2, 0.25) is 0 Å². The minimum Gasteiger partial charge on any atom is -0.306 e. The number of carbonyl (C=O) groups is 2. The summed E-state index contributed by atoms with van der Waals surface area (Å²) in [4.78, 5) is 51.0. The van der Waals surface area contributed by atoms with Gasteiger partial charge in [0, 0.05) is 58.9 Å². The molecule has 0 spiro atoms. The fourth-order valence-electron chi connectivity index (χ4n) is 4.01. The first kappa shape index (κ1) is 28.0. The van der Waals surface area contributed by atoms with Gasteiger partial charge in [-0.1, -0.05) is 13.8 Å². The molecule has 3 rings (SSSR count). The summed E-state index contributed by atoms with van der Waals surface area (Å²) in [5.41, 5.74) is 1.72. The van der Waals surface area contributed by atoms with Crippen LogP contribution in [-0.4, -0.2) is 33.7 Å². The number of nitro groups is 2. The zero-order valence-corrected chi connectivity index (χ0v) is 21.7. The second kappa shape index (κ2) is 12.1. The average molecular weight is 519 g/mol. The highest BCUT2D eigenvalue weighted by Gasteiger charge is 2.26. The largest absolute Gasteiger partial charge is 0.306 e. The third-order valence-electron chi connectivity index (χ3n) is 6.56. The normalized spacial score (nSPS) is 12.3. The molecule has 0 unspecified atom stereocenters. The molecule has 0 bridgehead atoms. The summed E-state index contributed by atoms with van der Waals surface area (Å²) in [5, 5.41) is 22.0. The van der Waals surface area contributed by atoms with Crippen molar-refractivity contribution in [3.05, 3.63) is 104 Å². The molecule has 0 saturated carbocycles. The molecule has 0 aliphatic heterocycles. The number of nitro benzene ring substituents is 2. The predicted molar refractivity (Wildman–Crippen MR) is 146 cm³/mol. The van der Waals surface area contributed by atoms with Crippen LogP contribution >= 0.6 is 0 Å². The molecular weight excluding hydrogens is 488 g/mol. The van der Waals surface area contributed by atoms with Crippen molar-refractivity contribution in [2.75, 3.05) is 9.80 Å². The van der Waals surface area contributed by atoms with Crippen molar-refractivity contribution in [2.45, 2.75) is 52.6 Å². The van der Waals surface area contributed by atoms with Crippen LogP contribution in [0.1, 0.15) is 61.3 Å². The van der Waals surface area contributed by atoms with E-state index in [4.69, 9.17) is 0 Å². The van der Waals surface area contributed by atoms with Gasteiger partial charge < -0.3 is 9.80 Å². The molecule has 0 aliphatic rings. The average Bonchev–Trinajstić information content (AvgIpc) is 2.93.